The fraction of sp³-hybridized carbons (Fsp3) is 0.250. The Morgan fingerprint density at radius 2 is 1.03 bits per heavy atom. The number of hydrogen-bond donors (Lipinski definition) is 0. The number of rotatable bonds is 5. The standard InChI is InChI=1S/C32H34/c1-7-25-14-10-12-16-28(25)29-19-24(6)30(20-23(29)5)31-22(4)17-18-26(8-2)32(31)27-15-11-9-13-21(27)3/h9-20H,7-8H2,1-6H3. The Morgan fingerprint density at radius 3 is 1.72 bits per heavy atom. The quantitative estimate of drug-likeness (QED) is 0.303. The molecule has 0 saturated carbocycles. The zero-order valence-corrected chi connectivity index (χ0v) is 20.3. The zero-order chi connectivity index (χ0) is 22.8. The molecular formula is C32H34. The van der Waals surface area contributed by atoms with E-state index in [1.807, 2.05) is 0 Å². The van der Waals surface area contributed by atoms with Crippen LogP contribution in [0, 0.1) is 27.7 Å². The maximum atomic E-state index is 2.42. The molecule has 0 heteroatoms. The molecule has 0 aliphatic rings. The molecule has 162 valence electrons. The zero-order valence-electron chi connectivity index (χ0n) is 20.3. The van der Waals surface area contributed by atoms with Crippen molar-refractivity contribution in [2.45, 2.75) is 54.4 Å². The molecule has 0 unspecified atom stereocenters. The first-order valence-electron chi connectivity index (χ1n) is 11.8. The van der Waals surface area contributed by atoms with Crippen LogP contribution in [0.5, 0.6) is 0 Å². The van der Waals surface area contributed by atoms with Crippen molar-refractivity contribution in [2.75, 3.05) is 0 Å². The molecule has 0 heterocycles. The smallest absolute Gasteiger partial charge is 0.00680 e. The molecule has 0 spiro atoms. The Hall–Kier alpha value is -3.12. The molecule has 4 aromatic rings. The molecule has 4 aromatic carbocycles. The lowest BCUT2D eigenvalue weighted by molar-refractivity contribution is 1.14. The summed E-state index contributed by atoms with van der Waals surface area (Å²) in [5.74, 6) is 0. The monoisotopic (exact) mass is 418 g/mol. The van der Waals surface area contributed by atoms with Gasteiger partial charge < -0.3 is 0 Å². The normalized spacial score (nSPS) is 11.1. The van der Waals surface area contributed by atoms with Gasteiger partial charge in [0.05, 0.1) is 0 Å². The number of aryl methyl sites for hydroxylation is 6. The summed E-state index contributed by atoms with van der Waals surface area (Å²) in [5.41, 5.74) is 16.4. The first-order chi connectivity index (χ1) is 15.5. The average molecular weight is 419 g/mol. The topological polar surface area (TPSA) is 0 Å². The minimum atomic E-state index is 1.02. The van der Waals surface area contributed by atoms with Gasteiger partial charge in [-0.05, 0) is 107 Å². The molecule has 0 nitrogen and oxygen atoms in total. The van der Waals surface area contributed by atoms with Crippen molar-refractivity contribution in [1.29, 1.82) is 0 Å². The van der Waals surface area contributed by atoms with E-state index >= 15 is 0 Å². The molecule has 0 aliphatic heterocycles. The van der Waals surface area contributed by atoms with Gasteiger partial charge in [0.2, 0.25) is 0 Å². The van der Waals surface area contributed by atoms with Gasteiger partial charge in [-0.1, -0.05) is 86.6 Å². The lowest BCUT2D eigenvalue weighted by atomic mass is 9.82. The van der Waals surface area contributed by atoms with E-state index < -0.39 is 0 Å². The molecule has 0 aromatic heterocycles. The predicted molar refractivity (Wildman–Crippen MR) is 140 cm³/mol. The molecule has 0 aliphatic carbocycles. The summed E-state index contributed by atoms with van der Waals surface area (Å²) in [6.07, 6.45) is 2.07. The van der Waals surface area contributed by atoms with E-state index in [1.54, 1.807) is 0 Å². The third kappa shape index (κ3) is 3.91. The Bertz CT molecular complexity index is 1270. The average Bonchev–Trinajstić information content (AvgIpc) is 2.80. The van der Waals surface area contributed by atoms with Crippen molar-refractivity contribution >= 4 is 0 Å². The van der Waals surface area contributed by atoms with Crippen molar-refractivity contribution in [3.05, 3.63) is 106 Å². The van der Waals surface area contributed by atoms with Crippen LogP contribution < -0.4 is 0 Å². The van der Waals surface area contributed by atoms with Crippen LogP contribution in [0.3, 0.4) is 0 Å². The van der Waals surface area contributed by atoms with Crippen molar-refractivity contribution < 1.29 is 0 Å². The van der Waals surface area contributed by atoms with Crippen LogP contribution in [0.25, 0.3) is 33.4 Å². The highest BCUT2D eigenvalue weighted by Crippen LogP contribution is 2.42. The van der Waals surface area contributed by atoms with Gasteiger partial charge in [0.1, 0.15) is 0 Å². The number of benzene rings is 4. The van der Waals surface area contributed by atoms with Crippen LogP contribution in [0.4, 0.5) is 0 Å². The Kier molecular flexibility index (Phi) is 6.33. The van der Waals surface area contributed by atoms with Gasteiger partial charge in [0.25, 0.3) is 0 Å². The third-order valence-electron chi connectivity index (χ3n) is 6.82. The highest BCUT2D eigenvalue weighted by atomic mass is 14.2. The van der Waals surface area contributed by atoms with E-state index in [-0.39, 0.29) is 0 Å². The van der Waals surface area contributed by atoms with E-state index in [0.29, 0.717) is 0 Å². The van der Waals surface area contributed by atoms with Gasteiger partial charge in [-0.3, -0.25) is 0 Å². The minimum absolute atomic E-state index is 1.02. The SMILES string of the molecule is CCc1ccccc1-c1cc(C)c(-c2c(C)ccc(CC)c2-c2ccccc2C)cc1C. The van der Waals surface area contributed by atoms with Crippen LogP contribution >= 0.6 is 0 Å². The summed E-state index contributed by atoms with van der Waals surface area (Å²) in [6.45, 7) is 13.5. The van der Waals surface area contributed by atoms with Crippen molar-refractivity contribution in [2.24, 2.45) is 0 Å². The number of hydrogen-bond acceptors (Lipinski definition) is 0. The third-order valence-corrected chi connectivity index (χ3v) is 6.82. The maximum Gasteiger partial charge on any atom is -0.00680 e. The van der Waals surface area contributed by atoms with Crippen molar-refractivity contribution in [3.63, 3.8) is 0 Å². The molecule has 32 heavy (non-hydrogen) atoms. The molecule has 0 bridgehead atoms. The largest absolute Gasteiger partial charge is 0.0620 e. The van der Waals surface area contributed by atoms with E-state index in [0.717, 1.165) is 12.8 Å². The Labute approximate surface area is 194 Å². The lowest BCUT2D eigenvalue weighted by Crippen LogP contribution is -1.99. The molecule has 0 atom stereocenters. The second-order valence-corrected chi connectivity index (χ2v) is 8.95. The van der Waals surface area contributed by atoms with Gasteiger partial charge in [-0.15, -0.1) is 0 Å². The van der Waals surface area contributed by atoms with Crippen LogP contribution in [0.2, 0.25) is 0 Å². The summed E-state index contributed by atoms with van der Waals surface area (Å²) < 4.78 is 0. The second-order valence-electron chi connectivity index (χ2n) is 8.95. The van der Waals surface area contributed by atoms with Crippen molar-refractivity contribution in [3.8, 4) is 33.4 Å². The molecule has 0 fully saturated rings. The molecule has 0 radical (unpaired) electrons. The summed E-state index contributed by atoms with van der Waals surface area (Å²) in [7, 11) is 0. The summed E-state index contributed by atoms with van der Waals surface area (Å²) in [6, 6.07) is 27.1. The molecule has 0 N–H and O–H groups in total. The van der Waals surface area contributed by atoms with Crippen LogP contribution in [0.1, 0.15) is 47.2 Å². The molecule has 0 saturated heterocycles. The molecule has 4 rings (SSSR count). The first-order valence-corrected chi connectivity index (χ1v) is 11.8. The fourth-order valence-electron chi connectivity index (χ4n) is 5.02. The highest BCUT2D eigenvalue weighted by molar-refractivity contribution is 5.91. The van der Waals surface area contributed by atoms with Gasteiger partial charge in [-0.25, -0.2) is 0 Å². The Balaban J connectivity index is 1.99. The summed E-state index contributed by atoms with van der Waals surface area (Å²) >= 11 is 0. The van der Waals surface area contributed by atoms with E-state index in [9.17, 15) is 0 Å². The van der Waals surface area contributed by atoms with Crippen LogP contribution in [0.15, 0.2) is 72.8 Å². The molecule has 0 amide bonds. The molecular weight excluding hydrogens is 384 g/mol. The second kappa shape index (κ2) is 9.17. The van der Waals surface area contributed by atoms with Crippen LogP contribution in [-0.2, 0) is 12.8 Å². The van der Waals surface area contributed by atoms with E-state index in [4.69, 9.17) is 0 Å². The lowest BCUT2D eigenvalue weighted by Gasteiger charge is -2.22. The van der Waals surface area contributed by atoms with Gasteiger partial charge in [0.15, 0.2) is 0 Å². The van der Waals surface area contributed by atoms with E-state index in [2.05, 4.69) is 114 Å². The van der Waals surface area contributed by atoms with E-state index in [1.165, 1.54) is 66.8 Å². The predicted octanol–water partition coefficient (Wildman–Crippen LogP) is 9.05. The van der Waals surface area contributed by atoms with Crippen LogP contribution in [-0.4, -0.2) is 0 Å². The first kappa shape index (κ1) is 22.1. The summed E-state index contributed by atoms with van der Waals surface area (Å²) in [5, 5.41) is 0. The fourth-order valence-corrected chi connectivity index (χ4v) is 5.02. The maximum absolute atomic E-state index is 2.42. The minimum Gasteiger partial charge on any atom is -0.0620 e. The van der Waals surface area contributed by atoms with Gasteiger partial charge in [0, 0.05) is 0 Å². The summed E-state index contributed by atoms with van der Waals surface area (Å²) in [4.78, 5) is 0. The van der Waals surface area contributed by atoms with Crippen molar-refractivity contribution in [1.82, 2.24) is 0 Å². The van der Waals surface area contributed by atoms with Gasteiger partial charge in [-0.2, -0.15) is 0 Å². The van der Waals surface area contributed by atoms with Gasteiger partial charge >= 0.3 is 0 Å². The highest BCUT2D eigenvalue weighted by Gasteiger charge is 2.19. The Morgan fingerprint density at radius 1 is 0.438 bits per heavy atom.